The summed E-state index contributed by atoms with van der Waals surface area (Å²) in [7, 11) is 3.82. The Kier molecular flexibility index (Phi) is 4.80. The molecule has 4 heteroatoms. The molecule has 0 radical (unpaired) electrons. The van der Waals surface area contributed by atoms with Crippen molar-refractivity contribution in [2.24, 2.45) is 5.73 Å². The molecule has 0 amide bonds. The first-order valence-corrected chi connectivity index (χ1v) is 6.85. The first kappa shape index (κ1) is 14.3. The normalized spacial score (nSPS) is 24.7. The van der Waals surface area contributed by atoms with Crippen LogP contribution in [-0.4, -0.2) is 44.4 Å². The molecule has 1 aromatic rings. The zero-order valence-electron chi connectivity index (χ0n) is 12.0. The Morgan fingerprint density at radius 2 is 2.11 bits per heavy atom. The van der Waals surface area contributed by atoms with Crippen LogP contribution >= 0.6 is 0 Å². The van der Waals surface area contributed by atoms with E-state index in [-0.39, 0.29) is 12.1 Å². The van der Waals surface area contributed by atoms with E-state index in [2.05, 4.69) is 31.0 Å². The van der Waals surface area contributed by atoms with Gasteiger partial charge in [0.15, 0.2) is 0 Å². The molecule has 0 aromatic heterocycles. The third-order valence-electron chi connectivity index (χ3n) is 4.07. The van der Waals surface area contributed by atoms with Crippen LogP contribution in [0.1, 0.15) is 24.9 Å². The predicted octanol–water partition coefficient (Wildman–Crippen LogP) is 1.80. The molecule has 1 aliphatic heterocycles. The molecule has 106 valence electrons. The molecule has 0 saturated carbocycles. The molecule has 19 heavy (non-hydrogen) atoms. The topological polar surface area (TPSA) is 47.7 Å². The minimum atomic E-state index is 0.222. The molecule has 0 aliphatic carbocycles. The summed E-state index contributed by atoms with van der Waals surface area (Å²) < 4.78 is 10.8. The van der Waals surface area contributed by atoms with Crippen molar-refractivity contribution in [3.63, 3.8) is 0 Å². The Morgan fingerprint density at radius 1 is 1.42 bits per heavy atom. The predicted molar refractivity (Wildman–Crippen MR) is 76.4 cm³/mol. The average molecular weight is 264 g/mol. The molecule has 2 N–H and O–H groups in total. The number of nitrogens with two attached hydrogens (primary N) is 1. The number of ether oxygens (including phenoxy) is 2. The second-order valence-electron chi connectivity index (χ2n) is 5.12. The summed E-state index contributed by atoms with van der Waals surface area (Å²) >= 11 is 0. The van der Waals surface area contributed by atoms with Crippen molar-refractivity contribution >= 4 is 0 Å². The monoisotopic (exact) mass is 264 g/mol. The fourth-order valence-corrected chi connectivity index (χ4v) is 2.85. The lowest BCUT2D eigenvalue weighted by Gasteiger charge is -2.34. The minimum Gasteiger partial charge on any atom is -0.497 e. The van der Waals surface area contributed by atoms with Crippen LogP contribution in [0.4, 0.5) is 0 Å². The molecular formula is C15H24N2O2. The number of methoxy groups -OCH3 is 1. The summed E-state index contributed by atoms with van der Waals surface area (Å²) in [5.41, 5.74) is 7.20. The van der Waals surface area contributed by atoms with E-state index in [1.807, 2.05) is 12.1 Å². The van der Waals surface area contributed by atoms with E-state index >= 15 is 0 Å². The van der Waals surface area contributed by atoms with Gasteiger partial charge in [0.25, 0.3) is 0 Å². The highest BCUT2D eigenvalue weighted by Crippen LogP contribution is 2.28. The lowest BCUT2D eigenvalue weighted by atomic mass is 10.0. The Labute approximate surface area is 115 Å². The number of rotatable bonds is 5. The van der Waals surface area contributed by atoms with Crippen molar-refractivity contribution < 1.29 is 9.47 Å². The van der Waals surface area contributed by atoms with Gasteiger partial charge in [-0.3, -0.25) is 4.90 Å². The number of hydrogen-bond acceptors (Lipinski definition) is 4. The van der Waals surface area contributed by atoms with Gasteiger partial charge in [-0.1, -0.05) is 12.1 Å². The Bertz CT molecular complexity index is 394. The fourth-order valence-electron chi connectivity index (χ4n) is 2.85. The highest BCUT2D eigenvalue weighted by molar-refractivity contribution is 5.29. The summed E-state index contributed by atoms with van der Waals surface area (Å²) in [6.45, 7) is 3.58. The molecule has 2 rings (SSSR count). The van der Waals surface area contributed by atoms with Gasteiger partial charge in [0.1, 0.15) is 5.75 Å². The van der Waals surface area contributed by atoms with Gasteiger partial charge in [0.2, 0.25) is 0 Å². The van der Waals surface area contributed by atoms with E-state index < -0.39 is 0 Å². The summed E-state index contributed by atoms with van der Waals surface area (Å²) in [6, 6.07) is 8.82. The van der Waals surface area contributed by atoms with Crippen molar-refractivity contribution in [1.29, 1.82) is 0 Å². The standard InChI is InChI=1S/C15H24N2O2/c1-11-14(8-9-19-11)17(2)15(10-16)12-4-6-13(18-3)7-5-12/h4-7,11,14-15H,8-10,16H2,1-3H3. The van der Waals surface area contributed by atoms with Crippen molar-refractivity contribution in [3.8, 4) is 5.75 Å². The first-order chi connectivity index (χ1) is 9.17. The molecule has 0 bridgehead atoms. The zero-order valence-corrected chi connectivity index (χ0v) is 12.0. The van der Waals surface area contributed by atoms with E-state index in [1.165, 1.54) is 5.56 Å². The molecule has 1 fully saturated rings. The molecule has 1 aromatic carbocycles. The van der Waals surface area contributed by atoms with Crippen LogP contribution < -0.4 is 10.5 Å². The molecule has 0 spiro atoms. The van der Waals surface area contributed by atoms with Crippen molar-refractivity contribution in [2.75, 3.05) is 27.3 Å². The molecule has 3 atom stereocenters. The lowest BCUT2D eigenvalue weighted by molar-refractivity contribution is 0.0686. The second kappa shape index (κ2) is 6.37. The molecular weight excluding hydrogens is 240 g/mol. The van der Waals surface area contributed by atoms with E-state index in [0.29, 0.717) is 12.6 Å². The molecule has 1 heterocycles. The molecule has 3 unspecified atom stereocenters. The number of nitrogens with zero attached hydrogens (tertiary/aromatic N) is 1. The van der Waals surface area contributed by atoms with Crippen molar-refractivity contribution in [3.05, 3.63) is 29.8 Å². The lowest BCUT2D eigenvalue weighted by Crippen LogP contribution is -2.42. The van der Waals surface area contributed by atoms with E-state index in [1.54, 1.807) is 7.11 Å². The maximum Gasteiger partial charge on any atom is 0.118 e. The van der Waals surface area contributed by atoms with Crippen LogP contribution in [0.3, 0.4) is 0 Å². The molecule has 4 nitrogen and oxygen atoms in total. The third kappa shape index (κ3) is 3.08. The SMILES string of the molecule is COc1ccc(C(CN)N(C)C2CCOC2C)cc1. The van der Waals surface area contributed by atoms with Gasteiger partial charge in [0, 0.05) is 25.2 Å². The summed E-state index contributed by atoms with van der Waals surface area (Å²) in [4.78, 5) is 2.35. The minimum absolute atomic E-state index is 0.222. The Balaban J connectivity index is 2.13. The highest BCUT2D eigenvalue weighted by atomic mass is 16.5. The zero-order chi connectivity index (χ0) is 13.8. The maximum atomic E-state index is 5.98. The fraction of sp³-hybridized carbons (Fsp3) is 0.600. The summed E-state index contributed by atoms with van der Waals surface area (Å²) in [6.07, 6.45) is 1.35. The van der Waals surface area contributed by atoms with Gasteiger partial charge in [-0.15, -0.1) is 0 Å². The quantitative estimate of drug-likeness (QED) is 0.881. The van der Waals surface area contributed by atoms with E-state index in [0.717, 1.165) is 18.8 Å². The third-order valence-corrected chi connectivity index (χ3v) is 4.07. The molecule has 1 saturated heterocycles. The van der Waals surface area contributed by atoms with Crippen molar-refractivity contribution in [1.82, 2.24) is 4.90 Å². The Morgan fingerprint density at radius 3 is 2.58 bits per heavy atom. The van der Waals surface area contributed by atoms with Gasteiger partial charge < -0.3 is 15.2 Å². The number of benzene rings is 1. The van der Waals surface area contributed by atoms with Gasteiger partial charge in [0.05, 0.1) is 13.2 Å². The number of hydrogen-bond donors (Lipinski definition) is 1. The first-order valence-electron chi connectivity index (χ1n) is 6.85. The largest absolute Gasteiger partial charge is 0.497 e. The van der Waals surface area contributed by atoms with Crippen LogP contribution in [0, 0.1) is 0 Å². The van der Waals surface area contributed by atoms with Gasteiger partial charge in [-0.25, -0.2) is 0 Å². The molecule has 1 aliphatic rings. The second-order valence-corrected chi connectivity index (χ2v) is 5.12. The van der Waals surface area contributed by atoms with Gasteiger partial charge >= 0.3 is 0 Å². The van der Waals surface area contributed by atoms with Crippen LogP contribution in [-0.2, 0) is 4.74 Å². The van der Waals surface area contributed by atoms with Crippen LogP contribution in [0.15, 0.2) is 24.3 Å². The Hall–Kier alpha value is -1.10. The number of likely N-dealkylation sites (N-methyl/N-ethyl adjacent to an activating group) is 1. The van der Waals surface area contributed by atoms with Crippen molar-refractivity contribution in [2.45, 2.75) is 31.5 Å². The van der Waals surface area contributed by atoms with E-state index in [4.69, 9.17) is 15.2 Å². The van der Waals surface area contributed by atoms with Crippen LogP contribution in [0.5, 0.6) is 5.75 Å². The maximum absolute atomic E-state index is 5.98. The average Bonchev–Trinajstić information content (AvgIpc) is 2.86. The smallest absolute Gasteiger partial charge is 0.118 e. The van der Waals surface area contributed by atoms with Gasteiger partial charge in [-0.05, 0) is 38.1 Å². The van der Waals surface area contributed by atoms with Crippen LogP contribution in [0.2, 0.25) is 0 Å². The van der Waals surface area contributed by atoms with Crippen LogP contribution in [0.25, 0.3) is 0 Å². The van der Waals surface area contributed by atoms with Gasteiger partial charge in [-0.2, -0.15) is 0 Å². The van der Waals surface area contributed by atoms with E-state index in [9.17, 15) is 0 Å². The summed E-state index contributed by atoms with van der Waals surface area (Å²) in [5.74, 6) is 0.875. The summed E-state index contributed by atoms with van der Waals surface area (Å²) in [5, 5.41) is 0. The highest BCUT2D eigenvalue weighted by Gasteiger charge is 2.31.